The van der Waals surface area contributed by atoms with Gasteiger partial charge in [0.05, 0.1) is 17.2 Å². The summed E-state index contributed by atoms with van der Waals surface area (Å²) in [6, 6.07) is 13.5. The molecule has 0 spiro atoms. The molecule has 2 aromatic carbocycles. The smallest absolute Gasteiger partial charge is 0.305 e. The van der Waals surface area contributed by atoms with E-state index < -0.39 is 26.8 Å². The molecule has 7 heteroatoms. The van der Waals surface area contributed by atoms with E-state index in [1.165, 1.54) is 0 Å². The van der Waals surface area contributed by atoms with Gasteiger partial charge in [0, 0.05) is 5.02 Å². The SMILES string of the molecule is CC(C)(C)S(=O)(=O)NC(CC(=O)O)c1cccc(-c2cccc(Cl)c2)c1. The third kappa shape index (κ3) is 5.06. The minimum absolute atomic E-state index is 0.353. The fourth-order valence-electron chi connectivity index (χ4n) is 2.37. The van der Waals surface area contributed by atoms with Gasteiger partial charge in [-0.25, -0.2) is 13.1 Å². The lowest BCUT2D eigenvalue weighted by atomic mass is 9.98. The molecule has 0 heterocycles. The monoisotopic (exact) mass is 395 g/mol. The number of carboxylic acids is 1. The van der Waals surface area contributed by atoms with E-state index >= 15 is 0 Å². The zero-order valence-corrected chi connectivity index (χ0v) is 16.4. The molecule has 2 aromatic rings. The number of benzene rings is 2. The van der Waals surface area contributed by atoms with Crippen LogP contribution in [0.15, 0.2) is 48.5 Å². The number of carbonyl (C=O) groups is 1. The molecule has 0 amide bonds. The van der Waals surface area contributed by atoms with Gasteiger partial charge in [-0.1, -0.05) is 41.9 Å². The third-order valence-corrected chi connectivity index (χ3v) is 6.37. The molecule has 0 radical (unpaired) electrons. The highest BCUT2D eigenvalue weighted by atomic mass is 35.5. The summed E-state index contributed by atoms with van der Waals surface area (Å²) >= 11 is 6.03. The molecule has 140 valence electrons. The van der Waals surface area contributed by atoms with Crippen molar-refractivity contribution in [3.63, 3.8) is 0 Å². The number of aliphatic carboxylic acids is 1. The first-order chi connectivity index (χ1) is 12.0. The Morgan fingerprint density at radius 2 is 1.69 bits per heavy atom. The molecule has 0 aliphatic carbocycles. The zero-order chi connectivity index (χ0) is 19.5. The molecular weight excluding hydrogens is 374 g/mol. The molecule has 0 saturated carbocycles. The van der Waals surface area contributed by atoms with Crippen LogP contribution in [0.2, 0.25) is 5.02 Å². The van der Waals surface area contributed by atoms with Gasteiger partial charge in [-0.3, -0.25) is 4.79 Å². The minimum atomic E-state index is -3.71. The van der Waals surface area contributed by atoms with Crippen molar-refractivity contribution >= 4 is 27.6 Å². The van der Waals surface area contributed by atoms with Crippen molar-refractivity contribution < 1.29 is 18.3 Å². The summed E-state index contributed by atoms with van der Waals surface area (Å²) in [7, 11) is -3.71. The van der Waals surface area contributed by atoms with Gasteiger partial charge in [-0.2, -0.15) is 0 Å². The molecule has 1 unspecified atom stereocenters. The molecule has 1 atom stereocenters. The van der Waals surface area contributed by atoms with Crippen molar-refractivity contribution in [2.75, 3.05) is 0 Å². The quantitative estimate of drug-likeness (QED) is 0.766. The summed E-state index contributed by atoms with van der Waals surface area (Å²) in [5.74, 6) is -1.08. The van der Waals surface area contributed by atoms with E-state index in [-0.39, 0.29) is 6.42 Å². The largest absolute Gasteiger partial charge is 0.481 e. The Morgan fingerprint density at radius 1 is 1.12 bits per heavy atom. The number of sulfonamides is 1. The van der Waals surface area contributed by atoms with Gasteiger partial charge in [0.1, 0.15) is 0 Å². The fraction of sp³-hybridized carbons (Fsp3) is 0.316. The van der Waals surface area contributed by atoms with Crippen molar-refractivity contribution in [3.05, 3.63) is 59.1 Å². The molecule has 0 aliphatic rings. The van der Waals surface area contributed by atoms with Crippen LogP contribution in [-0.4, -0.2) is 24.2 Å². The van der Waals surface area contributed by atoms with Gasteiger partial charge in [0.25, 0.3) is 0 Å². The van der Waals surface area contributed by atoms with Crippen LogP contribution in [0.4, 0.5) is 0 Å². The maximum Gasteiger partial charge on any atom is 0.305 e. The van der Waals surface area contributed by atoms with Gasteiger partial charge >= 0.3 is 5.97 Å². The van der Waals surface area contributed by atoms with Gasteiger partial charge in [0.15, 0.2) is 0 Å². The normalized spacial score (nSPS) is 13.4. The van der Waals surface area contributed by atoms with E-state index in [0.29, 0.717) is 10.6 Å². The van der Waals surface area contributed by atoms with Crippen LogP contribution in [0.3, 0.4) is 0 Å². The standard InChI is InChI=1S/C19H22ClNO4S/c1-19(2,3)26(24,25)21-17(12-18(22)23)15-8-4-6-13(10-15)14-7-5-9-16(20)11-14/h4-11,17,21H,12H2,1-3H3,(H,22,23). The van der Waals surface area contributed by atoms with Crippen LogP contribution in [-0.2, 0) is 14.8 Å². The predicted octanol–water partition coefficient (Wildman–Crippen LogP) is 4.24. The second-order valence-corrected chi connectivity index (χ2v) is 9.92. The van der Waals surface area contributed by atoms with Crippen LogP contribution in [0.1, 0.15) is 38.8 Å². The van der Waals surface area contributed by atoms with Gasteiger partial charge in [-0.15, -0.1) is 0 Å². The molecule has 26 heavy (non-hydrogen) atoms. The maximum atomic E-state index is 12.5. The van der Waals surface area contributed by atoms with E-state index in [9.17, 15) is 18.3 Å². The van der Waals surface area contributed by atoms with Gasteiger partial charge in [-0.05, 0) is 55.7 Å². The first-order valence-electron chi connectivity index (χ1n) is 8.09. The van der Waals surface area contributed by atoms with Gasteiger partial charge in [0.2, 0.25) is 10.0 Å². The summed E-state index contributed by atoms with van der Waals surface area (Å²) in [5.41, 5.74) is 2.28. The lowest BCUT2D eigenvalue weighted by Gasteiger charge is -2.25. The minimum Gasteiger partial charge on any atom is -0.481 e. The highest BCUT2D eigenvalue weighted by molar-refractivity contribution is 7.90. The van der Waals surface area contributed by atoms with Crippen LogP contribution >= 0.6 is 11.6 Å². The number of carboxylic acid groups (broad SMARTS) is 1. The number of hydrogen-bond acceptors (Lipinski definition) is 3. The second-order valence-electron chi connectivity index (χ2n) is 7.02. The Balaban J connectivity index is 2.43. The van der Waals surface area contributed by atoms with E-state index in [1.807, 2.05) is 18.2 Å². The predicted molar refractivity (Wildman–Crippen MR) is 104 cm³/mol. The number of nitrogens with one attached hydrogen (secondary N) is 1. The number of rotatable bonds is 6. The average Bonchev–Trinajstić information content (AvgIpc) is 2.52. The molecule has 0 aromatic heterocycles. The highest BCUT2D eigenvalue weighted by Gasteiger charge is 2.32. The number of hydrogen-bond donors (Lipinski definition) is 2. The van der Waals surface area contributed by atoms with Crippen molar-refractivity contribution in [2.45, 2.75) is 38.0 Å². The summed E-state index contributed by atoms with van der Waals surface area (Å²) in [5, 5.41) is 9.80. The Bertz CT molecular complexity index is 904. The molecule has 0 aliphatic heterocycles. The van der Waals surface area contributed by atoms with Crippen molar-refractivity contribution in [3.8, 4) is 11.1 Å². The topological polar surface area (TPSA) is 83.5 Å². The maximum absolute atomic E-state index is 12.5. The summed E-state index contributed by atoms with van der Waals surface area (Å²) < 4.78 is 26.5. The molecular formula is C19H22ClNO4S. The van der Waals surface area contributed by atoms with E-state index in [2.05, 4.69) is 4.72 Å². The lowest BCUT2D eigenvalue weighted by molar-refractivity contribution is -0.137. The summed E-state index contributed by atoms with van der Waals surface area (Å²) in [6.45, 7) is 4.70. The Kier molecular flexibility index (Phi) is 6.11. The Morgan fingerprint density at radius 3 is 2.23 bits per heavy atom. The average molecular weight is 396 g/mol. The fourth-order valence-corrected chi connectivity index (χ4v) is 3.51. The summed E-state index contributed by atoms with van der Waals surface area (Å²) in [4.78, 5) is 11.3. The molecule has 2 rings (SSSR count). The number of halogens is 1. The lowest BCUT2D eigenvalue weighted by Crippen LogP contribution is -2.41. The molecule has 5 nitrogen and oxygen atoms in total. The summed E-state index contributed by atoms with van der Waals surface area (Å²) in [6.07, 6.45) is -0.353. The zero-order valence-electron chi connectivity index (χ0n) is 14.9. The second kappa shape index (κ2) is 7.78. The highest BCUT2D eigenvalue weighted by Crippen LogP contribution is 2.28. The molecule has 0 bridgehead atoms. The molecule has 2 N–H and O–H groups in total. The Labute approximate surface area is 159 Å². The van der Waals surface area contributed by atoms with E-state index in [1.54, 1.807) is 51.1 Å². The third-order valence-electron chi connectivity index (χ3n) is 3.93. The molecule has 0 saturated heterocycles. The van der Waals surface area contributed by atoms with Crippen LogP contribution in [0.25, 0.3) is 11.1 Å². The van der Waals surface area contributed by atoms with E-state index in [4.69, 9.17) is 11.6 Å². The van der Waals surface area contributed by atoms with Crippen molar-refractivity contribution in [1.82, 2.24) is 4.72 Å². The molecule has 0 fully saturated rings. The van der Waals surface area contributed by atoms with Gasteiger partial charge < -0.3 is 5.11 Å². The Hall–Kier alpha value is -1.89. The first-order valence-corrected chi connectivity index (χ1v) is 9.95. The van der Waals surface area contributed by atoms with Crippen LogP contribution in [0.5, 0.6) is 0 Å². The van der Waals surface area contributed by atoms with E-state index in [0.717, 1.165) is 11.1 Å². The first kappa shape index (κ1) is 20.4. The van der Waals surface area contributed by atoms with Crippen molar-refractivity contribution in [1.29, 1.82) is 0 Å². The van der Waals surface area contributed by atoms with Crippen molar-refractivity contribution in [2.24, 2.45) is 0 Å². The van der Waals surface area contributed by atoms with Crippen LogP contribution in [0, 0.1) is 0 Å². The van der Waals surface area contributed by atoms with Crippen LogP contribution < -0.4 is 4.72 Å².